The molecule has 4 rings (SSSR count). The van der Waals surface area contributed by atoms with Crippen LogP contribution in [-0.4, -0.2) is 87.6 Å². The summed E-state index contributed by atoms with van der Waals surface area (Å²) < 4.78 is 5.31. The van der Waals surface area contributed by atoms with Crippen LogP contribution >= 0.6 is 0 Å². The lowest BCUT2D eigenvalue weighted by molar-refractivity contribution is -0.133. The molecule has 8 heteroatoms. The first-order valence-corrected chi connectivity index (χ1v) is 11.2. The smallest absolute Gasteiger partial charge is 0.227 e. The van der Waals surface area contributed by atoms with E-state index < -0.39 is 0 Å². The van der Waals surface area contributed by atoms with Crippen LogP contribution in [0.4, 0.5) is 0 Å². The van der Waals surface area contributed by atoms with E-state index in [1.807, 2.05) is 23.1 Å². The highest BCUT2D eigenvalue weighted by Gasteiger charge is 2.28. The number of rotatable bonds is 7. The lowest BCUT2D eigenvalue weighted by Gasteiger charge is -2.42. The zero-order chi connectivity index (χ0) is 20.8. The first-order valence-electron chi connectivity index (χ1n) is 11.2. The summed E-state index contributed by atoms with van der Waals surface area (Å²) in [5.41, 5.74) is 0.697. The highest BCUT2D eigenvalue weighted by Crippen LogP contribution is 2.20. The Labute approximate surface area is 178 Å². The number of pyridine rings is 1. The molecule has 0 atom stereocenters. The summed E-state index contributed by atoms with van der Waals surface area (Å²) in [5.74, 6) is 1.31. The van der Waals surface area contributed by atoms with Gasteiger partial charge in [-0.3, -0.25) is 14.7 Å². The van der Waals surface area contributed by atoms with Gasteiger partial charge in [-0.25, -0.2) is 0 Å². The van der Waals surface area contributed by atoms with Gasteiger partial charge in [0.2, 0.25) is 17.6 Å². The molecule has 30 heavy (non-hydrogen) atoms. The molecule has 2 aliphatic rings. The van der Waals surface area contributed by atoms with Crippen molar-refractivity contribution in [1.29, 1.82) is 0 Å². The standard InChI is InChI=1S/C22H32N6O2/c1-2-26-14-16-27(17-15-26)18-9-12-28(13-10-18)21(29)8-5-7-20-24-22(25-30-20)19-6-3-4-11-23-19/h3-4,6,11,18H,2,5,7-10,12-17H2,1H3. The Bertz CT molecular complexity index is 795. The van der Waals surface area contributed by atoms with Crippen LogP contribution in [0.15, 0.2) is 28.9 Å². The van der Waals surface area contributed by atoms with Gasteiger partial charge in [0.15, 0.2) is 0 Å². The first-order chi connectivity index (χ1) is 14.7. The average molecular weight is 413 g/mol. The summed E-state index contributed by atoms with van der Waals surface area (Å²) in [7, 11) is 0. The summed E-state index contributed by atoms with van der Waals surface area (Å²) in [5, 5.41) is 3.99. The van der Waals surface area contributed by atoms with Gasteiger partial charge < -0.3 is 14.3 Å². The van der Waals surface area contributed by atoms with Gasteiger partial charge in [0.05, 0.1) is 0 Å². The van der Waals surface area contributed by atoms with Crippen LogP contribution in [-0.2, 0) is 11.2 Å². The lowest BCUT2D eigenvalue weighted by atomic mass is 10.0. The number of hydrogen-bond donors (Lipinski definition) is 0. The van der Waals surface area contributed by atoms with Crippen molar-refractivity contribution < 1.29 is 9.32 Å². The fourth-order valence-corrected chi connectivity index (χ4v) is 4.43. The maximum Gasteiger partial charge on any atom is 0.227 e. The third-order valence-corrected chi connectivity index (χ3v) is 6.33. The van der Waals surface area contributed by atoms with Crippen molar-refractivity contribution in [2.24, 2.45) is 0 Å². The highest BCUT2D eigenvalue weighted by molar-refractivity contribution is 5.76. The van der Waals surface area contributed by atoms with Gasteiger partial charge in [-0.1, -0.05) is 18.1 Å². The van der Waals surface area contributed by atoms with Crippen LogP contribution in [0.5, 0.6) is 0 Å². The Morgan fingerprint density at radius 2 is 1.93 bits per heavy atom. The molecule has 0 saturated carbocycles. The molecule has 0 bridgehead atoms. The lowest BCUT2D eigenvalue weighted by Crippen LogP contribution is -2.53. The van der Waals surface area contributed by atoms with E-state index in [4.69, 9.17) is 4.52 Å². The molecule has 2 aromatic rings. The normalized spacial score (nSPS) is 19.3. The summed E-state index contributed by atoms with van der Waals surface area (Å²) in [4.78, 5) is 28.4. The van der Waals surface area contributed by atoms with Crippen molar-refractivity contribution in [3.05, 3.63) is 30.3 Å². The predicted molar refractivity (Wildman–Crippen MR) is 114 cm³/mol. The van der Waals surface area contributed by atoms with Crippen LogP contribution < -0.4 is 0 Å². The Kier molecular flexibility index (Phi) is 7.07. The van der Waals surface area contributed by atoms with Crippen molar-refractivity contribution >= 4 is 5.91 Å². The van der Waals surface area contributed by atoms with Crippen molar-refractivity contribution in [3.63, 3.8) is 0 Å². The Morgan fingerprint density at radius 1 is 1.13 bits per heavy atom. The van der Waals surface area contributed by atoms with E-state index in [9.17, 15) is 4.79 Å². The number of carbonyl (C=O) groups is 1. The van der Waals surface area contributed by atoms with Gasteiger partial charge in [-0.2, -0.15) is 4.98 Å². The second-order valence-electron chi connectivity index (χ2n) is 8.16. The number of likely N-dealkylation sites (tertiary alicyclic amines) is 1. The fourth-order valence-electron chi connectivity index (χ4n) is 4.43. The van der Waals surface area contributed by atoms with Crippen LogP contribution in [0.2, 0.25) is 0 Å². The quantitative estimate of drug-likeness (QED) is 0.689. The summed E-state index contributed by atoms with van der Waals surface area (Å²) in [6.07, 6.45) is 5.76. The Hall–Kier alpha value is -2.32. The molecule has 162 valence electrons. The van der Waals surface area contributed by atoms with Crippen molar-refractivity contribution in [1.82, 2.24) is 29.8 Å². The number of aromatic nitrogens is 3. The monoisotopic (exact) mass is 412 g/mol. The van der Waals surface area contributed by atoms with Gasteiger partial charge in [-0.05, 0) is 37.9 Å². The van der Waals surface area contributed by atoms with Gasteiger partial charge >= 0.3 is 0 Å². The number of amides is 1. The first kappa shape index (κ1) is 20.9. The van der Waals surface area contributed by atoms with Gasteiger partial charge in [0.1, 0.15) is 5.69 Å². The van der Waals surface area contributed by atoms with Crippen LogP contribution in [0.3, 0.4) is 0 Å². The number of likely N-dealkylation sites (N-methyl/N-ethyl adjacent to an activating group) is 1. The molecule has 1 amide bonds. The number of carbonyl (C=O) groups excluding carboxylic acids is 1. The molecule has 4 heterocycles. The molecule has 0 N–H and O–H groups in total. The number of piperazine rings is 1. The molecular weight excluding hydrogens is 380 g/mol. The number of nitrogens with zero attached hydrogens (tertiary/aromatic N) is 6. The fraction of sp³-hybridized carbons (Fsp3) is 0.636. The van der Waals surface area contributed by atoms with E-state index in [0.29, 0.717) is 36.3 Å². The summed E-state index contributed by atoms with van der Waals surface area (Å²) in [6.45, 7) is 9.81. The molecule has 8 nitrogen and oxygen atoms in total. The second-order valence-corrected chi connectivity index (χ2v) is 8.16. The van der Waals surface area contributed by atoms with Crippen molar-refractivity contribution in [3.8, 4) is 11.5 Å². The van der Waals surface area contributed by atoms with Gasteiger partial charge in [0, 0.05) is 64.3 Å². The van der Waals surface area contributed by atoms with E-state index >= 15 is 0 Å². The van der Waals surface area contributed by atoms with Crippen molar-refractivity contribution in [2.45, 2.75) is 45.1 Å². The van der Waals surface area contributed by atoms with Gasteiger partial charge in [0.25, 0.3) is 0 Å². The minimum absolute atomic E-state index is 0.244. The summed E-state index contributed by atoms with van der Waals surface area (Å²) >= 11 is 0. The number of aryl methyl sites for hydroxylation is 1. The molecule has 0 unspecified atom stereocenters. The molecule has 2 aromatic heterocycles. The predicted octanol–water partition coefficient (Wildman–Crippen LogP) is 2.08. The highest BCUT2D eigenvalue weighted by atomic mass is 16.5. The molecule has 0 aliphatic carbocycles. The van der Waals surface area contributed by atoms with Crippen LogP contribution in [0.25, 0.3) is 11.5 Å². The van der Waals surface area contributed by atoms with Crippen molar-refractivity contribution in [2.75, 3.05) is 45.8 Å². The minimum atomic E-state index is 0.244. The summed E-state index contributed by atoms with van der Waals surface area (Å²) in [6, 6.07) is 6.23. The van der Waals surface area contributed by atoms with E-state index in [1.165, 1.54) is 13.1 Å². The van der Waals surface area contributed by atoms with E-state index in [0.717, 1.165) is 52.0 Å². The molecule has 0 spiro atoms. The zero-order valence-electron chi connectivity index (χ0n) is 17.9. The SMILES string of the molecule is CCN1CCN(C2CCN(C(=O)CCCc3nc(-c4ccccn4)no3)CC2)CC1. The Balaban J connectivity index is 1.17. The largest absolute Gasteiger partial charge is 0.343 e. The molecule has 2 aliphatic heterocycles. The third kappa shape index (κ3) is 5.23. The molecule has 2 saturated heterocycles. The maximum absolute atomic E-state index is 12.6. The third-order valence-electron chi connectivity index (χ3n) is 6.33. The molecular formula is C22H32N6O2. The minimum Gasteiger partial charge on any atom is -0.343 e. The van der Waals surface area contributed by atoms with E-state index in [2.05, 4.69) is 31.8 Å². The van der Waals surface area contributed by atoms with Crippen LogP contribution in [0, 0.1) is 0 Å². The van der Waals surface area contributed by atoms with E-state index in [1.54, 1.807) is 6.20 Å². The van der Waals surface area contributed by atoms with Gasteiger partial charge in [-0.15, -0.1) is 0 Å². The average Bonchev–Trinajstić information content (AvgIpc) is 3.29. The topological polar surface area (TPSA) is 78.6 Å². The number of hydrogen-bond acceptors (Lipinski definition) is 7. The Morgan fingerprint density at radius 3 is 2.63 bits per heavy atom. The second kappa shape index (κ2) is 10.1. The molecule has 2 fully saturated rings. The molecule has 0 aromatic carbocycles. The maximum atomic E-state index is 12.6. The van der Waals surface area contributed by atoms with E-state index in [-0.39, 0.29) is 5.91 Å². The zero-order valence-corrected chi connectivity index (χ0v) is 17.9. The van der Waals surface area contributed by atoms with Crippen LogP contribution in [0.1, 0.15) is 38.5 Å². The molecule has 0 radical (unpaired) electrons. The number of piperidine rings is 1.